The van der Waals surface area contributed by atoms with E-state index < -0.39 is 11.8 Å². The van der Waals surface area contributed by atoms with Gasteiger partial charge in [-0.25, -0.2) is 9.48 Å². The van der Waals surface area contributed by atoms with E-state index in [-0.39, 0.29) is 17.2 Å². The number of rotatable bonds is 5. The largest absolute Gasteiger partial charge is 0.421 e. The maximum absolute atomic E-state index is 12.8. The van der Waals surface area contributed by atoms with E-state index in [1.54, 1.807) is 47.7 Å². The lowest BCUT2D eigenvalue weighted by molar-refractivity contribution is -0.129. The number of aryl methyl sites for hydroxylation is 1. The Bertz CT molecular complexity index is 1120. The number of aromatic nitrogens is 2. The molecule has 7 nitrogen and oxygen atoms in total. The fraction of sp³-hybridized carbons (Fsp3) is 0.217. The van der Waals surface area contributed by atoms with Crippen molar-refractivity contribution in [3.63, 3.8) is 0 Å². The van der Waals surface area contributed by atoms with E-state index in [1.165, 1.54) is 0 Å². The van der Waals surface area contributed by atoms with Crippen LogP contribution in [0.2, 0.25) is 0 Å². The van der Waals surface area contributed by atoms with Gasteiger partial charge in [-0.1, -0.05) is 18.2 Å². The van der Waals surface area contributed by atoms with Crippen LogP contribution >= 0.6 is 0 Å². The van der Waals surface area contributed by atoms with Crippen LogP contribution in [0.3, 0.4) is 0 Å². The van der Waals surface area contributed by atoms with Gasteiger partial charge in [-0.2, -0.15) is 5.10 Å². The predicted molar refractivity (Wildman–Crippen MR) is 111 cm³/mol. The molecule has 1 aliphatic rings. The van der Waals surface area contributed by atoms with E-state index in [2.05, 4.69) is 5.10 Å². The molecule has 1 fully saturated rings. The molecule has 1 aromatic heterocycles. The number of carbonyl (C=O) groups is 3. The third kappa shape index (κ3) is 3.61. The van der Waals surface area contributed by atoms with Crippen LogP contribution in [0.5, 0.6) is 5.75 Å². The van der Waals surface area contributed by atoms with Gasteiger partial charge in [0, 0.05) is 18.7 Å². The first kappa shape index (κ1) is 19.6. The number of ketones is 1. The van der Waals surface area contributed by atoms with Gasteiger partial charge in [0.05, 0.1) is 22.6 Å². The average molecular weight is 403 g/mol. The summed E-state index contributed by atoms with van der Waals surface area (Å²) in [6, 6.07) is 16.0. The SMILES string of the molecule is Cc1nn(-c2ccccc2)c(C)c1C(=O)C(=O)Oc1ccc(N2CCCC2=O)cc1. The summed E-state index contributed by atoms with van der Waals surface area (Å²) >= 11 is 0. The molecule has 0 radical (unpaired) electrons. The predicted octanol–water partition coefficient (Wildman–Crippen LogP) is 3.40. The molecule has 0 atom stereocenters. The molecule has 2 heterocycles. The Hall–Kier alpha value is -3.74. The van der Waals surface area contributed by atoms with Gasteiger partial charge in [0.2, 0.25) is 5.91 Å². The van der Waals surface area contributed by atoms with Gasteiger partial charge in [0.15, 0.2) is 0 Å². The van der Waals surface area contributed by atoms with Gasteiger partial charge in [-0.15, -0.1) is 0 Å². The fourth-order valence-corrected chi connectivity index (χ4v) is 3.66. The molecule has 1 saturated heterocycles. The van der Waals surface area contributed by atoms with Crippen molar-refractivity contribution in [3.8, 4) is 11.4 Å². The van der Waals surface area contributed by atoms with Gasteiger partial charge < -0.3 is 9.64 Å². The summed E-state index contributed by atoms with van der Waals surface area (Å²) in [6.07, 6.45) is 1.38. The normalized spacial score (nSPS) is 13.5. The maximum Gasteiger partial charge on any atom is 0.385 e. The van der Waals surface area contributed by atoms with Gasteiger partial charge in [0.1, 0.15) is 5.75 Å². The minimum atomic E-state index is -0.973. The van der Waals surface area contributed by atoms with E-state index in [0.29, 0.717) is 24.4 Å². The van der Waals surface area contributed by atoms with Crippen LogP contribution in [-0.4, -0.2) is 34.0 Å². The lowest BCUT2D eigenvalue weighted by atomic mass is 10.1. The van der Waals surface area contributed by atoms with Crippen LogP contribution in [-0.2, 0) is 9.59 Å². The maximum atomic E-state index is 12.8. The van der Waals surface area contributed by atoms with Gasteiger partial charge >= 0.3 is 5.97 Å². The average Bonchev–Trinajstić information content (AvgIpc) is 3.31. The molecule has 1 aliphatic heterocycles. The lowest BCUT2D eigenvalue weighted by Crippen LogP contribution is -2.24. The minimum Gasteiger partial charge on any atom is -0.421 e. The third-order valence-electron chi connectivity index (χ3n) is 5.14. The molecule has 152 valence electrons. The molecule has 0 spiro atoms. The number of benzene rings is 2. The van der Waals surface area contributed by atoms with E-state index in [4.69, 9.17) is 4.74 Å². The summed E-state index contributed by atoms with van der Waals surface area (Å²) in [7, 11) is 0. The molecule has 0 saturated carbocycles. The molecule has 0 bridgehead atoms. The smallest absolute Gasteiger partial charge is 0.385 e. The highest BCUT2D eigenvalue weighted by Crippen LogP contribution is 2.25. The number of para-hydroxylation sites is 1. The van der Waals surface area contributed by atoms with Crippen LogP contribution in [0.4, 0.5) is 5.69 Å². The van der Waals surface area contributed by atoms with Crippen LogP contribution in [0.15, 0.2) is 54.6 Å². The van der Waals surface area contributed by atoms with E-state index in [0.717, 1.165) is 17.8 Å². The Labute approximate surface area is 173 Å². The van der Waals surface area contributed by atoms with E-state index >= 15 is 0 Å². The van der Waals surface area contributed by atoms with Gasteiger partial charge in [-0.3, -0.25) is 9.59 Å². The van der Waals surface area contributed by atoms with Crippen molar-refractivity contribution in [2.75, 3.05) is 11.4 Å². The first-order chi connectivity index (χ1) is 14.5. The second-order valence-electron chi connectivity index (χ2n) is 7.15. The number of nitrogens with zero attached hydrogens (tertiary/aromatic N) is 3. The molecule has 0 aliphatic carbocycles. The molecule has 0 unspecified atom stereocenters. The number of amides is 1. The number of Topliss-reactive ketones (excluding diaryl/α,β-unsaturated/α-hetero) is 1. The zero-order chi connectivity index (χ0) is 21.3. The minimum absolute atomic E-state index is 0.0799. The van der Waals surface area contributed by atoms with Crippen molar-refractivity contribution in [1.82, 2.24) is 9.78 Å². The van der Waals surface area contributed by atoms with E-state index in [1.807, 2.05) is 30.3 Å². The quantitative estimate of drug-likeness (QED) is 0.282. The summed E-state index contributed by atoms with van der Waals surface area (Å²) in [5.41, 5.74) is 2.82. The zero-order valence-electron chi connectivity index (χ0n) is 16.8. The molecule has 2 aromatic carbocycles. The number of hydrogen-bond donors (Lipinski definition) is 0. The highest BCUT2D eigenvalue weighted by molar-refractivity contribution is 6.41. The summed E-state index contributed by atoms with van der Waals surface area (Å²) in [4.78, 5) is 38.8. The van der Waals surface area contributed by atoms with Crippen LogP contribution in [0.1, 0.15) is 34.6 Å². The van der Waals surface area contributed by atoms with E-state index in [9.17, 15) is 14.4 Å². The van der Waals surface area contributed by atoms with Crippen molar-refractivity contribution >= 4 is 23.3 Å². The molecule has 7 heteroatoms. The van der Waals surface area contributed by atoms with Crippen molar-refractivity contribution in [1.29, 1.82) is 0 Å². The molecular weight excluding hydrogens is 382 g/mol. The monoisotopic (exact) mass is 403 g/mol. The Morgan fingerprint density at radius 3 is 2.30 bits per heavy atom. The van der Waals surface area contributed by atoms with Crippen molar-refractivity contribution in [3.05, 3.63) is 71.5 Å². The lowest BCUT2D eigenvalue weighted by Gasteiger charge is -2.15. The Balaban J connectivity index is 1.51. The second-order valence-corrected chi connectivity index (χ2v) is 7.15. The molecular formula is C23H21N3O4. The number of hydrogen-bond acceptors (Lipinski definition) is 5. The Morgan fingerprint density at radius 2 is 1.67 bits per heavy atom. The fourth-order valence-electron chi connectivity index (χ4n) is 3.66. The Kier molecular flexibility index (Phi) is 5.18. The summed E-state index contributed by atoms with van der Waals surface area (Å²) < 4.78 is 6.91. The highest BCUT2D eigenvalue weighted by atomic mass is 16.5. The highest BCUT2D eigenvalue weighted by Gasteiger charge is 2.27. The van der Waals surface area contributed by atoms with Crippen LogP contribution in [0, 0.1) is 13.8 Å². The van der Waals surface area contributed by atoms with Crippen molar-refractivity contribution in [2.24, 2.45) is 0 Å². The van der Waals surface area contributed by atoms with Crippen LogP contribution in [0.25, 0.3) is 5.69 Å². The topological polar surface area (TPSA) is 81.5 Å². The van der Waals surface area contributed by atoms with Gasteiger partial charge in [0.25, 0.3) is 5.78 Å². The van der Waals surface area contributed by atoms with Crippen LogP contribution < -0.4 is 9.64 Å². The molecule has 4 rings (SSSR count). The first-order valence-corrected chi connectivity index (χ1v) is 9.74. The number of anilines is 1. The van der Waals surface area contributed by atoms with Gasteiger partial charge in [-0.05, 0) is 56.7 Å². The summed E-state index contributed by atoms with van der Waals surface area (Å²) in [5, 5.41) is 4.40. The number of esters is 1. The summed E-state index contributed by atoms with van der Waals surface area (Å²) in [6.45, 7) is 4.12. The molecule has 0 N–H and O–H groups in total. The number of carbonyl (C=O) groups excluding carboxylic acids is 3. The second kappa shape index (κ2) is 7.94. The van der Waals surface area contributed by atoms with Crippen molar-refractivity contribution in [2.45, 2.75) is 26.7 Å². The standard InChI is InChI=1S/C23H21N3O4/c1-15-21(16(2)26(24-15)18-7-4-3-5-8-18)22(28)23(29)30-19-12-10-17(11-13-19)25-14-6-9-20(25)27/h3-5,7-8,10-13H,6,9,14H2,1-2H3. The third-order valence-corrected chi connectivity index (χ3v) is 5.14. The number of ether oxygens (including phenoxy) is 1. The summed E-state index contributed by atoms with van der Waals surface area (Å²) in [5.74, 6) is -1.39. The Morgan fingerprint density at radius 1 is 0.967 bits per heavy atom. The first-order valence-electron chi connectivity index (χ1n) is 9.74. The molecule has 3 aromatic rings. The van der Waals surface area contributed by atoms with Crippen molar-refractivity contribution < 1.29 is 19.1 Å². The molecule has 1 amide bonds. The molecule has 30 heavy (non-hydrogen) atoms. The zero-order valence-corrected chi connectivity index (χ0v) is 16.8.